The van der Waals surface area contributed by atoms with Crippen LogP contribution in [0, 0.1) is 0 Å². The Morgan fingerprint density at radius 2 is 1.20 bits per heavy atom. The quantitative estimate of drug-likeness (QED) is 0.237. The molecular weight excluding hydrogens is 486 g/mol. The molecular formula is C37H25N3. The maximum Gasteiger partial charge on any atom is 0.164 e. The van der Waals surface area contributed by atoms with Crippen LogP contribution in [0.1, 0.15) is 22.3 Å². The zero-order chi connectivity index (χ0) is 26.5. The first kappa shape index (κ1) is 22.7. The first-order valence-electron chi connectivity index (χ1n) is 13.6. The van der Waals surface area contributed by atoms with Crippen molar-refractivity contribution in [2.75, 3.05) is 0 Å². The summed E-state index contributed by atoms with van der Waals surface area (Å²) >= 11 is 0. The van der Waals surface area contributed by atoms with Crippen LogP contribution < -0.4 is 0 Å². The van der Waals surface area contributed by atoms with Crippen molar-refractivity contribution in [2.24, 2.45) is 0 Å². The van der Waals surface area contributed by atoms with Gasteiger partial charge < -0.3 is 0 Å². The van der Waals surface area contributed by atoms with E-state index in [-0.39, 0.29) is 0 Å². The van der Waals surface area contributed by atoms with Gasteiger partial charge in [0.15, 0.2) is 5.82 Å². The van der Waals surface area contributed by atoms with E-state index in [1.165, 1.54) is 33.4 Å². The lowest BCUT2D eigenvalue weighted by Gasteiger charge is -2.41. The Labute approximate surface area is 233 Å². The summed E-state index contributed by atoms with van der Waals surface area (Å²) in [6, 6.07) is 51.9. The topological polar surface area (TPSA) is 30.7 Å². The van der Waals surface area contributed by atoms with Crippen LogP contribution in [0.2, 0.25) is 0 Å². The zero-order valence-corrected chi connectivity index (χ0v) is 21.8. The fourth-order valence-electron chi connectivity index (χ4n) is 6.48. The van der Waals surface area contributed by atoms with E-state index < -0.39 is 5.41 Å². The minimum Gasteiger partial charge on any atom is -0.290 e. The van der Waals surface area contributed by atoms with Crippen molar-refractivity contribution in [1.82, 2.24) is 14.5 Å². The maximum atomic E-state index is 5.19. The Morgan fingerprint density at radius 3 is 1.88 bits per heavy atom. The molecule has 0 N–H and O–H groups in total. The molecule has 0 bridgehead atoms. The summed E-state index contributed by atoms with van der Waals surface area (Å²) in [7, 11) is 0. The molecule has 188 valence electrons. The van der Waals surface area contributed by atoms with Gasteiger partial charge in [-0.3, -0.25) is 9.55 Å². The van der Waals surface area contributed by atoms with Crippen molar-refractivity contribution in [3.8, 4) is 28.3 Å². The van der Waals surface area contributed by atoms with Gasteiger partial charge in [0.1, 0.15) is 5.69 Å². The van der Waals surface area contributed by atoms with Crippen molar-refractivity contribution in [3.05, 3.63) is 174 Å². The van der Waals surface area contributed by atoms with Gasteiger partial charge in [-0.15, -0.1) is 0 Å². The molecule has 0 saturated heterocycles. The average Bonchev–Trinajstić information content (AvgIpc) is 3.44. The monoisotopic (exact) mass is 511 g/mol. The molecule has 0 radical (unpaired) electrons. The Kier molecular flexibility index (Phi) is 5.04. The molecule has 0 aliphatic carbocycles. The number of rotatable bonds is 4. The molecule has 1 aliphatic rings. The average molecular weight is 512 g/mol. The molecule has 0 spiro atoms. The van der Waals surface area contributed by atoms with E-state index in [0.717, 1.165) is 28.2 Å². The molecule has 3 heteroatoms. The van der Waals surface area contributed by atoms with Crippen molar-refractivity contribution < 1.29 is 0 Å². The molecule has 0 saturated carbocycles. The second kappa shape index (κ2) is 8.89. The number of hydrogen-bond acceptors (Lipinski definition) is 2. The molecule has 7 aromatic rings. The lowest BCUT2D eigenvalue weighted by atomic mass is 9.63. The summed E-state index contributed by atoms with van der Waals surface area (Å²) in [5, 5.41) is 0. The van der Waals surface area contributed by atoms with Gasteiger partial charge in [-0.05, 0) is 63.7 Å². The Bertz CT molecular complexity index is 1940. The second-order valence-corrected chi connectivity index (χ2v) is 10.2. The molecule has 0 unspecified atom stereocenters. The molecule has 1 aliphatic heterocycles. The summed E-state index contributed by atoms with van der Waals surface area (Å²) < 4.78 is 2.32. The Hall–Kier alpha value is -5.28. The van der Waals surface area contributed by atoms with Crippen molar-refractivity contribution in [2.45, 2.75) is 5.41 Å². The van der Waals surface area contributed by atoms with Crippen LogP contribution >= 0.6 is 0 Å². The number of benzene rings is 5. The number of fused-ring (bicyclic) bond motifs is 2. The fraction of sp³-hybridized carbons (Fsp3) is 0.0270. The van der Waals surface area contributed by atoms with E-state index in [0.29, 0.717) is 0 Å². The third-order valence-corrected chi connectivity index (χ3v) is 8.14. The number of imidazole rings is 1. The second-order valence-electron chi connectivity index (χ2n) is 10.2. The SMILES string of the molecule is c1ccc(-c2ccc3c(c2)C(c2ccccc2)(c2ccccc2)c2cccc4nc(-c5ccccn5)n-3c24)cc1. The minimum absolute atomic E-state index is 0.542. The number of pyridine rings is 1. The molecule has 5 aromatic carbocycles. The Balaban J connectivity index is 1.58. The summed E-state index contributed by atoms with van der Waals surface area (Å²) in [4.78, 5) is 9.90. The van der Waals surface area contributed by atoms with Gasteiger partial charge in [0.05, 0.1) is 22.1 Å². The van der Waals surface area contributed by atoms with Crippen LogP contribution in [0.4, 0.5) is 0 Å². The van der Waals surface area contributed by atoms with Gasteiger partial charge in [0.2, 0.25) is 0 Å². The fourth-order valence-corrected chi connectivity index (χ4v) is 6.48. The third-order valence-electron chi connectivity index (χ3n) is 8.14. The van der Waals surface area contributed by atoms with Crippen LogP contribution in [-0.2, 0) is 5.41 Å². The van der Waals surface area contributed by atoms with E-state index >= 15 is 0 Å². The largest absolute Gasteiger partial charge is 0.290 e. The summed E-state index contributed by atoms with van der Waals surface area (Å²) in [5.74, 6) is 0.853. The van der Waals surface area contributed by atoms with E-state index in [1.807, 2.05) is 24.4 Å². The van der Waals surface area contributed by atoms with Crippen molar-refractivity contribution in [3.63, 3.8) is 0 Å². The molecule has 0 fully saturated rings. The number of hydrogen-bond donors (Lipinski definition) is 0. The van der Waals surface area contributed by atoms with E-state index in [9.17, 15) is 0 Å². The van der Waals surface area contributed by atoms with E-state index in [4.69, 9.17) is 9.97 Å². The first-order valence-corrected chi connectivity index (χ1v) is 13.6. The molecule has 8 rings (SSSR count). The lowest BCUT2D eigenvalue weighted by Crippen LogP contribution is -2.35. The predicted octanol–water partition coefficient (Wildman–Crippen LogP) is 8.45. The highest BCUT2D eigenvalue weighted by atomic mass is 15.1. The number of para-hydroxylation sites is 1. The zero-order valence-electron chi connectivity index (χ0n) is 21.8. The van der Waals surface area contributed by atoms with Crippen LogP contribution in [0.3, 0.4) is 0 Å². The highest BCUT2D eigenvalue weighted by Gasteiger charge is 2.45. The van der Waals surface area contributed by atoms with Gasteiger partial charge in [0.25, 0.3) is 0 Å². The molecule has 2 aromatic heterocycles. The van der Waals surface area contributed by atoms with Crippen LogP contribution in [0.5, 0.6) is 0 Å². The highest BCUT2D eigenvalue weighted by molar-refractivity contribution is 5.92. The van der Waals surface area contributed by atoms with Gasteiger partial charge in [-0.2, -0.15) is 0 Å². The van der Waals surface area contributed by atoms with Gasteiger partial charge in [-0.25, -0.2) is 4.98 Å². The first-order chi connectivity index (χ1) is 19.9. The summed E-state index contributed by atoms with van der Waals surface area (Å²) in [6.45, 7) is 0. The number of nitrogens with zero attached hydrogens (tertiary/aromatic N) is 3. The van der Waals surface area contributed by atoms with Crippen molar-refractivity contribution >= 4 is 11.0 Å². The predicted molar refractivity (Wildman–Crippen MR) is 162 cm³/mol. The number of aromatic nitrogens is 3. The molecule has 40 heavy (non-hydrogen) atoms. The molecule has 3 nitrogen and oxygen atoms in total. The van der Waals surface area contributed by atoms with Gasteiger partial charge in [0, 0.05) is 6.20 Å². The Morgan fingerprint density at radius 1 is 0.525 bits per heavy atom. The third kappa shape index (κ3) is 3.18. The van der Waals surface area contributed by atoms with E-state index in [1.54, 1.807) is 0 Å². The van der Waals surface area contributed by atoms with Crippen LogP contribution in [0.25, 0.3) is 39.4 Å². The smallest absolute Gasteiger partial charge is 0.164 e. The summed E-state index contributed by atoms with van der Waals surface area (Å²) in [6.07, 6.45) is 1.84. The standard InChI is InChI=1S/C37H25N3/c1-4-13-26(14-5-1)27-22-23-34-31(25-27)37(28-15-6-2-7-16-28,29-17-8-3-9-18-29)30-19-12-21-32-35(30)40(34)36(39-32)33-20-10-11-24-38-33/h1-25H. The van der Waals surface area contributed by atoms with Crippen LogP contribution in [0.15, 0.2) is 152 Å². The van der Waals surface area contributed by atoms with Crippen molar-refractivity contribution in [1.29, 1.82) is 0 Å². The molecule has 3 heterocycles. The van der Waals surface area contributed by atoms with Crippen LogP contribution in [-0.4, -0.2) is 14.5 Å². The minimum atomic E-state index is -0.542. The van der Waals surface area contributed by atoms with E-state index in [2.05, 4.69) is 132 Å². The lowest BCUT2D eigenvalue weighted by molar-refractivity contribution is 0.725. The maximum absolute atomic E-state index is 5.19. The summed E-state index contributed by atoms with van der Waals surface area (Å²) in [5.41, 5.74) is 10.8. The highest BCUT2D eigenvalue weighted by Crippen LogP contribution is 2.53. The molecule has 0 atom stereocenters. The van der Waals surface area contributed by atoms with Gasteiger partial charge >= 0.3 is 0 Å². The normalized spacial score (nSPS) is 13.2. The molecule has 0 amide bonds. The van der Waals surface area contributed by atoms with Gasteiger partial charge in [-0.1, -0.05) is 115 Å².